The van der Waals surface area contributed by atoms with Crippen LogP contribution in [0, 0.1) is 0 Å². The third kappa shape index (κ3) is 4.87. The Morgan fingerprint density at radius 1 is 1.34 bits per heavy atom. The van der Waals surface area contributed by atoms with Crippen LogP contribution in [0.2, 0.25) is 5.02 Å². The maximum absolute atomic E-state index is 12.6. The van der Waals surface area contributed by atoms with E-state index in [1.807, 2.05) is 18.2 Å². The Morgan fingerprint density at radius 3 is 2.76 bits per heavy atom. The molecule has 1 aromatic heterocycles. The lowest BCUT2D eigenvalue weighted by Gasteiger charge is -2.15. The second kappa shape index (κ2) is 8.81. The lowest BCUT2D eigenvalue weighted by atomic mass is 10.2. The van der Waals surface area contributed by atoms with Gasteiger partial charge in [-0.3, -0.25) is 19.3 Å². The fraction of sp³-hybridized carbons (Fsp3) is 0.158. The molecule has 1 aromatic carbocycles. The molecule has 0 unspecified atom stereocenters. The molecule has 2 amide bonds. The van der Waals surface area contributed by atoms with Crippen molar-refractivity contribution in [2.45, 2.75) is 13.0 Å². The number of carbonyl (C=O) groups excluding carboxylic acids is 2. The van der Waals surface area contributed by atoms with Crippen molar-refractivity contribution in [2.75, 3.05) is 6.54 Å². The van der Waals surface area contributed by atoms with Gasteiger partial charge in [-0.05, 0) is 31.2 Å². The second-order valence-corrected chi connectivity index (χ2v) is 8.16. The highest BCUT2D eigenvalue weighted by Crippen LogP contribution is 2.34. The number of hydrogen-bond donors (Lipinski definition) is 2. The van der Waals surface area contributed by atoms with Gasteiger partial charge in [-0.25, -0.2) is 0 Å². The molecule has 1 fully saturated rings. The number of carbonyl (C=O) groups is 3. The van der Waals surface area contributed by atoms with E-state index in [1.54, 1.807) is 18.2 Å². The van der Waals surface area contributed by atoms with E-state index in [-0.39, 0.29) is 10.9 Å². The van der Waals surface area contributed by atoms with Gasteiger partial charge in [0, 0.05) is 11.6 Å². The fourth-order valence-electron chi connectivity index (χ4n) is 2.49. The summed E-state index contributed by atoms with van der Waals surface area (Å²) in [7, 11) is 0. The number of thioether (sulfide) groups is 1. The molecule has 1 atom stereocenters. The molecule has 10 heteroatoms. The highest BCUT2D eigenvalue weighted by Gasteiger charge is 2.34. The molecular formula is C19H15ClN2O5S2. The first kappa shape index (κ1) is 21.1. The van der Waals surface area contributed by atoms with Gasteiger partial charge in [0.25, 0.3) is 5.91 Å². The summed E-state index contributed by atoms with van der Waals surface area (Å²) in [5, 5.41) is 11.7. The summed E-state index contributed by atoms with van der Waals surface area (Å²) in [6, 6.07) is 9.60. The second-order valence-electron chi connectivity index (χ2n) is 6.08. The van der Waals surface area contributed by atoms with Gasteiger partial charge in [-0.2, -0.15) is 0 Å². The average Bonchev–Trinajstić information content (AvgIpc) is 3.22. The standard InChI is InChI=1S/C19H15ClN2O5S2/c1-10(18(25)26)21-16(23)9-22-17(24)15(29-19(22)28)8-11-6-7-14(27-11)12-4-2-3-5-13(12)20/h2-8,10H,9H2,1H3,(H,21,23)(H,25,26)/b15-8-/t10-/m0/s1. The number of carboxylic acids is 1. The number of furan rings is 1. The van der Waals surface area contributed by atoms with Gasteiger partial charge in [0.15, 0.2) is 0 Å². The maximum atomic E-state index is 12.6. The van der Waals surface area contributed by atoms with Gasteiger partial charge in [-0.15, -0.1) is 0 Å². The van der Waals surface area contributed by atoms with E-state index in [4.69, 9.17) is 33.3 Å². The Kier molecular flexibility index (Phi) is 6.41. The van der Waals surface area contributed by atoms with Crippen LogP contribution in [0.25, 0.3) is 17.4 Å². The van der Waals surface area contributed by atoms with Crippen molar-refractivity contribution in [1.29, 1.82) is 0 Å². The van der Waals surface area contributed by atoms with Crippen molar-refractivity contribution in [2.24, 2.45) is 0 Å². The van der Waals surface area contributed by atoms with Gasteiger partial charge in [0.1, 0.15) is 28.4 Å². The molecular weight excluding hydrogens is 436 g/mol. The normalized spacial score (nSPS) is 16.3. The Balaban J connectivity index is 1.73. The number of carboxylic acid groups (broad SMARTS) is 1. The van der Waals surface area contributed by atoms with Crippen molar-refractivity contribution in [3.05, 3.63) is 52.1 Å². The molecule has 2 aromatic rings. The molecule has 2 N–H and O–H groups in total. The molecule has 0 radical (unpaired) electrons. The number of halogens is 1. The van der Waals surface area contributed by atoms with Crippen LogP contribution >= 0.6 is 35.6 Å². The molecule has 1 aliphatic heterocycles. The molecule has 0 saturated carbocycles. The van der Waals surface area contributed by atoms with Gasteiger partial charge in [-0.1, -0.05) is 47.7 Å². The molecule has 0 bridgehead atoms. The molecule has 7 nitrogen and oxygen atoms in total. The zero-order valence-electron chi connectivity index (χ0n) is 15.0. The van der Waals surface area contributed by atoms with E-state index < -0.39 is 23.8 Å². The van der Waals surface area contributed by atoms with Crippen LogP contribution in [-0.2, 0) is 14.4 Å². The van der Waals surface area contributed by atoms with Crippen molar-refractivity contribution in [3.63, 3.8) is 0 Å². The van der Waals surface area contributed by atoms with Crippen LogP contribution in [0.15, 0.2) is 45.7 Å². The topological polar surface area (TPSA) is 99.9 Å². The number of hydrogen-bond acceptors (Lipinski definition) is 6. The smallest absolute Gasteiger partial charge is 0.325 e. The Labute approximate surface area is 180 Å². The highest BCUT2D eigenvalue weighted by molar-refractivity contribution is 8.26. The van der Waals surface area contributed by atoms with Gasteiger partial charge < -0.3 is 14.8 Å². The monoisotopic (exact) mass is 450 g/mol. The predicted octanol–water partition coefficient (Wildman–Crippen LogP) is 3.39. The first-order chi connectivity index (χ1) is 13.8. The summed E-state index contributed by atoms with van der Waals surface area (Å²) in [6.45, 7) is 0.973. The highest BCUT2D eigenvalue weighted by atomic mass is 35.5. The number of nitrogens with one attached hydrogen (secondary N) is 1. The summed E-state index contributed by atoms with van der Waals surface area (Å²) in [5.41, 5.74) is 0.727. The minimum Gasteiger partial charge on any atom is -0.480 e. The van der Waals surface area contributed by atoms with E-state index >= 15 is 0 Å². The zero-order chi connectivity index (χ0) is 21.1. The molecule has 0 aliphatic carbocycles. The molecule has 1 saturated heterocycles. The minimum absolute atomic E-state index is 0.206. The van der Waals surface area contributed by atoms with Gasteiger partial charge in [0.2, 0.25) is 5.91 Å². The Hall–Kier alpha value is -2.62. The number of nitrogens with zero attached hydrogens (tertiary/aromatic N) is 1. The largest absolute Gasteiger partial charge is 0.480 e. The number of amides is 2. The first-order valence-electron chi connectivity index (χ1n) is 8.38. The number of thiocarbonyl (C=S) groups is 1. The summed E-state index contributed by atoms with van der Waals surface area (Å²) in [4.78, 5) is 36.8. The van der Waals surface area contributed by atoms with E-state index in [0.29, 0.717) is 21.4 Å². The predicted molar refractivity (Wildman–Crippen MR) is 114 cm³/mol. The van der Waals surface area contributed by atoms with Crippen LogP contribution in [0.5, 0.6) is 0 Å². The van der Waals surface area contributed by atoms with Crippen LogP contribution in [0.3, 0.4) is 0 Å². The van der Waals surface area contributed by atoms with Crippen LogP contribution in [0.4, 0.5) is 0 Å². The van der Waals surface area contributed by atoms with Gasteiger partial charge in [0.05, 0.1) is 9.93 Å². The van der Waals surface area contributed by atoms with E-state index in [2.05, 4.69) is 5.32 Å². The Bertz CT molecular complexity index is 1030. The van der Waals surface area contributed by atoms with Crippen molar-refractivity contribution < 1.29 is 23.9 Å². The number of aliphatic carboxylic acids is 1. The summed E-state index contributed by atoms with van der Waals surface area (Å²) < 4.78 is 5.96. The number of rotatable bonds is 6. The molecule has 29 heavy (non-hydrogen) atoms. The van der Waals surface area contributed by atoms with Crippen molar-refractivity contribution in [1.82, 2.24) is 10.2 Å². The first-order valence-corrected chi connectivity index (χ1v) is 9.99. The summed E-state index contributed by atoms with van der Waals surface area (Å²) in [6.07, 6.45) is 1.54. The SMILES string of the molecule is C[C@H](NC(=O)CN1C(=O)/C(=C/c2ccc(-c3ccccc3Cl)o2)SC1=S)C(=O)O. The van der Waals surface area contributed by atoms with E-state index in [9.17, 15) is 14.4 Å². The zero-order valence-corrected chi connectivity index (χ0v) is 17.4. The van der Waals surface area contributed by atoms with E-state index in [1.165, 1.54) is 13.0 Å². The van der Waals surface area contributed by atoms with E-state index in [0.717, 1.165) is 22.2 Å². The molecule has 3 rings (SSSR count). The Morgan fingerprint density at radius 2 is 2.07 bits per heavy atom. The van der Waals surface area contributed by atoms with Crippen LogP contribution in [-0.4, -0.2) is 44.7 Å². The molecule has 150 valence electrons. The molecule has 2 heterocycles. The molecule has 0 spiro atoms. The number of benzene rings is 1. The van der Waals surface area contributed by atoms with Gasteiger partial charge >= 0.3 is 5.97 Å². The average molecular weight is 451 g/mol. The lowest BCUT2D eigenvalue weighted by Crippen LogP contribution is -2.45. The van der Waals surface area contributed by atoms with Crippen molar-refractivity contribution in [3.8, 4) is 11.3 Å². The maximum Gasteiger partial charge on any atom is 0.325 e. The summed E-state index contributed by atoms with van der Waals surface area (Å²) in [5.74, 6) is -1.25. The third-order valence-corrected chi connectivity index (χ3v) is 5.67. The third-order valence-electron chi connectivity index (χ3n) is 3.96. The quantitative estimate of drug-likeness (QED) is 0.514. The lowest BCUT2D eigenvalue weighted by molar-refractivity contribution is -0.141. The summed E-state index contributed by atoms with van der Waals surface area (Å²) >= 11 is 12.4. The molecule has 1 aliphatic rings. The van der Waals surface area contributed by atoms with Crippen LogP contribution < -0.4 is 5.32 Å². The fourth-order valence-corrected chi connectivity index (χ4v) is 3.96. The minimum atomic E-state index is -1.17. The van der Waals surface area contributed by atoms with Crippen molar-refractivity contribution >= 4 is 63.8 Å². The van der Waals surface area contributed by atoms with Crippen LogP contribution in [0.1, 0.15) is 12.7 Å².